The normalized spacial score (nSPS) is 10.6. The van der Waals surface area contributed by atoms with Gasteiger partial charge in [-0.1, -0.05) is 6.07 Å². The van der Waals surface area contributed by atoms with Crippen LogP contribution in [-0.4, -0.2) is 27.0 Å². The van der Waals surface area contributed by atoms with Crippen LogP contribution in [0.2, 0.25) is 0 Å². The first-order valence-corrected chi connectivity index (χ1v) is 9.56. The average molecular weight is 435 g/mol. The van der Waals surface area contributed by atoms with Gasteiger partial charge in [0.2, 0.25) is 23.8 Å². The van der Waals surface area contributed by atoms with E-state index in [2.05, 4.69) is 25.3 Å². The first kappa shape index (κ1) is 20.9. The van der Waals surface area contributed by atoms with Gasteiger partial charge in [-0.3, -0.25) is 0 Å². The fourth-order valence-electron chi connectivity index (χ4n) is 3.01. The standard InChI is InChI=1S/C22H19F2N7O/c1-32-18-4-2-3-16(12-18)27-21-28-20(25)29-22(30-21)31(17-7-5-15(23)6-8-17)13-14-9-10-26-19(24)11-14/h2-12H,13H2,1H3,(H3,25,27,28,29,30). The van der Waals surface area contributed by atoms with Crippen molar-refractivity contribution in [2.45, 2.75) is 6.54 Å². The molecule has 8 nitrogen and oxygen atoms in total. The molecule has 4 aromatic rings. The van der Waals surface area contributed by atoms with Crippen molar-refractivity contribution >= 4 is 29.2 Å². The minimum Gasteiger partial charge on any atom is -0.497 e. The largest absolute Gasteiger partial charge is 0.497 e. The van der Waals surface area contributed by atoms with Gasteiger partial charge in [0.25, 0.3) is 0 Å². The third-order valence-electron chi connectivity index (χ3n) is 4.48. The quantitative estimate of drug-likeness (QED) is 0.416. The van der Waals surface area contributed by atoms with E-state index in [1.54, 1.807) is 36.3 Å². The van der Waals surface area contributed by atoms with Crippen LogP contribution in [0, 0.1) is 11.8 Å². The van der Waals surface area contributed by atoms with Crippen LogP contribution in [0.4, 0.5) is 38.0 Å². The van der Waals surface area contributed by atoms with Crippen molar-refractivity contribution in [2.75, 3.05) is 23.1 Å². The van der Waals surface area contributed by atoms with Gasteiger partial charge in [-0.05, 0) is 54.1 Å². The molecule has 32 heavy (non-hydrogen) atoms. The molecule has 162 valence electrons. The lowest BCUT2D eigenvalue weighted by Crippen LogP contribution is -2.21. The molecule has 0 atom stereocenters. The van der Waals surface area contributed by atoms with Crippen molar-refractivity contribution in [3.63, 3.8) is 0 Å². The molecule has 3 N–H and O–H groups in total. The number of rotatable bonds is 7. The second kappa shape index (κ2) is 9.21. The van der Waals surface area contributed by atoms with Gasteiger partial charge in [0.15, 0.2) is 0 Å². The number of nitrogens with two attached hydrogens (primary N) is 1. The van der Waals surface area contributed by atoms with Gasteiger partial charge in [-0.25, -0.2) is 9.37 Å². The summed E-state index contributed by atoms with van der Waals surface area (Å²) >= 11 is 0. The van der Waals surface area contributed by atoms with Crippen molar-refractivity contribution in [1.82, 2.24) is 19.9 Å². The Bertz CT molecular complexity index is 1220. The van der Waals surface area contributed by atoms with Crippen LogP contribution in [0.15, 0.2) is 66.9 Å². The molecule has 0 saturated heterocycles. The number of nitrogen functional groups attached to an aromatic ring is 1. The van der Waals surface area contributed by atoms with E-state index >= 15 is 0 Å². The van der Waals surface area contributed by atoms with Crippen LogP contribution < -0.4 is 20.7 Å². The maximum atomic E-state index is 13.6. The minimum absolute atomic E-state index is 0.0200. The maximum absolute atomic E-state index is 13.6. The van der Waals surface area contributed by atoms with Crippen molar-refractivity contribution in [2.24, 2.45) is 0 Å². The van der Waals surface area contributed by atoms with E-state index in [0.717, 1.165) is 0 Å². The molecule has 0 bridgehead atoms. The molecular formula is C22H19F2N7O. The number of aromatic nitrogens is 4. The Balaban J connectivity index is 1.72. The zero-order chi connectivity index (χ0) is 22.5. The van der Waals surface area contributed by atoms with Gasteiger partial charge < -0.3 is 20.7 Å². The van der Waals surface area contributed by atoms with Crippen LogP contribution >= 0.6 is 0 Å². The van der Waals surface area contributed by atoms with Gasteiger partial charge in [0, 0.05) is 23.6 Å². The Kier molecular flexibility index (Phi) is 6.02. The summed E-state index contributed by atoms with van der Waals surface area (Å²) in [6.07, 6.45) is 1.37. The molecule has 0 amide bonds. The lowest BCUT2D eigenvalue weighted by Gasteiger charge is -2.23. The molecule has 0 aliphatic rings. The van der Waals surface area contributed by atoms with Crippen molar-refractivity contribution in [3.8, 4) is 5.75 Å². The number of hydrogen-bond donors (Lipinski definition) is 2. The molecule has 0 spiro atoms. The second-order valence-corrected chi connectivity index (χ2v) is 6.72. The van der Waals surface area contributed by atoms with Gasteiger partial charge >= 0.3 is 0 Å². The number of anilines is 5. The molecule has 0 unspecified atom stereocenters. The summed E-state index contributed by atoms with van der Waals surface area (Å²) in [5.41, 5.74) is 7.83. The molecule has 2 heterocycles. The number of pyridine rings is 1. The fraction of sp³-hybridized carbons (Fsp3) is 0.0909. The van der Waals surface area contributed by atoms with Crippen LogP contribution in [0.25, 0.3) is 0 Å². The summed E-state index contributed by atoms with van der Waals surface area (Å²) in [7, 11) is 1.57. The minimum atomic E-state index is -0.614. The van der Waals surface area contributed by atoms with E-state index in [4.69, 9.17) is 10.5 Å². The summed E-state index contributed by atoms with van der Waals surface area (Å²) in [4.78, 5) is 18.1. The first-order valence-electron chi connectivity index (χ1n) is 9.56. The van der Waals surface area contributed by atoms with E-state index < -0.39 is 5.95 Å². The van der Waals surface area contributed by atoms with E-state index in [9.17, 15) is 8.78 Å². The molecular weight excluding hydrogens is 416 g/mol. The Morgan fingerprint density at radius 2 is 1.81 bits per heavy atom. The van der Waals surface area contributed by atoms with Crippen LogP contribution in [0.5, 0.6) is 5.75 Å². The molecule has 2 aromatic carbocycles. The lowest BCUT2D eigenvalue weighted by molar-refractivity contribution is 0.415. The zero-order valence-corrected chi connectivity index (χ0v) is 17.0. The SMILES string of the molecule is COc1cccc(Nc2nc(N)nc(N(Cc3ccnc(F)c3)c3ccc(F)cc3)n2)c1. The van der Waals surface area contributed by atoms with Gasteiger partial charge in [-0.15, -0.1) is 0 Å². The van der Waals surface area contributed by atoms with Gasteiger partial charge in [0.1, 0.15) is 11.6 Å². The zero-order valence-electron chi connectivity index (χ0n) is 17.0. The van der Waals surface area contributed by atoms with Crippen molar-refractivity contribution in [1.29, 1.82) is 0 Å². The van der Waals surface area contributed by atoms with Crippen LogP contribution in [0.1, 0.15) is 5.56 Å². The highest BCUT2D eigenvalue weighted by molar-refractivity contribution is 5.62. The Morgan fingerprint density at radius 1 is 1.00 bits per heavy atom. The Hall–Kier alpha value is -4.34. The average Bonchev–Trinajstić information content (AvgIpc) is 2.78. The highest BCUT2D eigenvalue weighted by Gasteiger charge is 2.17. The number of benzene rings is 2. The molecule has 0 radical (unpaired) electrons. The van der Waals surface area contributed by atoms with Crippen molar-refractivity contribution < 1.29 is 13.5 Å². The monoisotopic (exact) mass is 435 g/mol. The van der Waals surface area contributed by atoms with Gasteiger partial charge in [-0.2, -0.15) is 19.3 Å². The molecule has 0 aliphatic carbocycles. The first-order chi connectivity index (χ1) is 15.5. The second-order valence-electron chi connectivity index (χ2n) is 6.72. The smallest absolute Gasteiger partial charge is 0.236 e. The Morgan fingerprint density at radius 3 is 2.56 bits per heavy atom. The third kappa shape index (κ3) is 5.04. The van der Waals surface area contributed by atoms with Crippen molar-refractivity contribution in [3.05, 3.63) is 84.2 Å². The molecule has 0 fully saturated rings. The predicted octanol–water partition coefficient (Wildman–Crippen LogP) is 4.22. The summed E-state index contributed by atoms with van der Waals surface area (Å²) in [5.74, 6) is 0.0371. The highest BCUT2D eigenvalue weighted by atomic mass is 19.1. The lowest BCUT2D eigenvalue weighted by atomic mass is 10.2. The summed E-state index contributed by atoms with van der Waals surface area (Å²) < 4.78 is 32.4. The van der Waals surface area contributed by atoms with Gasteiger partial charge in [0.05, 0.1) is 13.7 Å². The highest BCUT2D eigenvalue weighted by Crippen LogP contribution is 2.27. The van der Waals surface area contributed by atoms with E-state index in [0.29, 0.717) is 22.7 Å². The van der Waals surface area contributed by atoms with Crippen LogP contribution in [-0.2, 0) is 6.54 Å². The summed E-state index contributed by atoms with van der Waals surface area (Å²) in [6.45, 7) is 0.188. The number of ether oxygens (including phenoxy) is 1. The molecule has 2 aromatic heterocycles. The van der Waals surface area contributed by atoms with E-state index in [1.165, 1.54) is 24.4 Å². The van der Waals surface area contributed by atoms with E-state index in [1.807, 2.05) is 18.2 Å². The molecule has 4 rings (SSSR count). The molecule has 0 saturated carbocycles. The topological polar surface area (TPSA) is 102 Å². The molecule has 0 aliphatic heterocycles. The Labute approximate surface area is 182 Å². The predicted molar refractivity (Wildman–Crippen MR) is 117 cm³/mol. The van der Waals surface area contributed by atoms with Crippen LogP contribution in [0.3, 0.4) is 0 Å². The summed E-state index contributed by atoms with van der Waals surface area (Å²) in [5, 5.41) is 3.07. The summed E-state index contributed by atoms with van der Waals surface area (Å²) in [6, 6.07) is 16.0. The fourth-order valence-corrected chi connectivity index (χ4v) is 3.01. The number of hydrogen-bond acceptors (Lipinski definition) is 8. The number of methoxy groups -OCH3 is 1. The number of nitrogens with one attached hydrogen (secondary N) is 1. The number of halogens is 2. The molecule has 10 heteroatoms. The number of nitrogens with zero attached hydrogens (tertiary/aromatic N) is 5. The third-order valence-corrected chi connectivity index (χ3v) is 4.48. The van der Waals surface area contributed by atoms with E-state index in [-0.39, 0.29) is 30.2 Å². The maximum Gasteiger partial charge on any atom is 0.236 e.